The lowest BCUT2D eigenvalue weighted by Gasteiger charge is -2.00. The third kappa shape index (κ3) is 3.40. The van der Waals surface area contributed by atoms with Crippen LogP contribution in [0.1, 0.15) is 21.6 Å². The minimum absolute atomic E-state index is 0. The highest BCUT2D eigenvalue weighted by Crippen LogP contribution is 2.11. The first-order valence-corrected chi connectivity index (χ1v) is 5.10. The van der Waals surface area contributed by atoms with Crippen molar-refractivity contribution in [3.8, 4) is 0 Å². The third-order valence-electron chi connectivity index (χ3n) is 2.24. The molecule has 5 heteroatoms. The van der Waals surface area contributed by atoms with Gasteiger partial charge in [0.1, 0.15) is 0 Å². The van der Waals surface area contributed by atoms with E-state index in [0.717, 1.165) is 11.3 Å². The van der Waals surface area contributed by atoms with Crippen molar-refractivity contribution in [1.82, 2.24) is 9.97 Å². The molecule has 0 radical (unpaired) electrons. The third-order valence-corrected chi connectivity index (χ3v) is 2.24. The van der Waals surface area contributed by atoms with Crippen molar-refractivity contribution in [2.24, 2.45) is 5.73 Å². The summed E-state index contributed by atoms with van der Waals surface area (Å²) < 4.78 is 0. The number of hydrogen-bond donors (Lipinski definition) is 1. The molecule has 4 nitrogen and oxygen atoms in total. The first kappa shape index (κ1) is 13.9. The number of aromatic nitrogens is 2. The normalized spacial score (nSPS) is 10.0. The van der Waals surface area contributed by atoms with Gasteiger partial charge in [-0.15, -0.1) is 12.4 Å². The highest BCUT2D eigenvalue weighted by atomic mass is 35.5. The van der Waals surface area contributed by atoms with Gasteiger partial charge in [-0.25, -0.2) is 0 Å². The molecule has 0 fully saturated rings. The second-order valence-corrected chi connectivity index (χ2v) is 3.42. The zero-order valence-corrected chi connectivity index (χ0v) is 10.3. The van der Waals surface area contributed by atoms with Gasteiger partial charge in [0, 0.05) is 18.0 Å². The Hall–Kier alpha value is -2.20. The molecule has 1 amide bonds. The molecule has 0 saturated heterocycles. The van der Waals surface area contributed by atoms with Gasteiger partial charge in [0.15, 0.2) is 0 Å². The Morgan fingerprint density at radius 1 is 1.17 bits per heavy atom. The average Bonchev–Trinajstić information content (AvgIpc) is 2.38. The van der Waals surface area contributed by atoms with Gasteiger partial charge in [-0.2, -0.15) is 0 Å². The Balaban J connectivity index is 0.00000162. The molecule has 2 aromatic rings. The summed E-state index contributed by atoms with van der Waals surface area (Å²) in [6, 6.07) is 7.15. The second kappa shape index (κ2) is 6.51. The molecule has 1 heterocycles. The maximum Gasteiger partial charge on any atom is 0.249 e. The highest BCUT2D eigenvalue weighted by Gasteiger charge is 2.03. The van der Waals surface area contributed by atoms with E-state index in [1.165, 1.54) is 0 Å². The SMILES string of the molecule is Cl.NC(=O)c1ccccc1/C=C/c1cnccn1. The molecule has 1 aromatic carbocycles. The number of nitrogens with zero attached hydrogens (tertiary/aromatic N) is 2. The van der Waals surface area contributed by atoms with Crippen LogP contribution in [0, 0.1) is 0 Å². The van der Waals surface area contributed by atoms with E-state index in [-0.39, 0.29) is 12.4 Å². The van der Waals surface area contributed by atoms with Crippen LogP contribution in [-0.2, 0) is 0 Å². The predicted molar refractivity (Wildman–Crippen MR) is 73.2 cm³/mol. The van der Waals surface area contributed by atoms with Gasteiger partial charge in [-0.05, 0) is 17.7 Å². The zero-order valence-electron chi connectivity index (χ0n) is 9.48. The fourth-order valence-corrected chi connectivity index (χ4v) is 1.44. The number of primary amides is 1. The van der Waals surface area contributed by atoms with Crippen molar-refractivity contribution < 1.29 is 4.79 Å². The summed E-state index contributed by atoms with van der Waals surface area (Å²) >= 11 is 0. The Bertz CT molecular complexity index is 555. The standard InChI is InChI=1S/C13H11N3O.ClH/c14-13(17)12-4-2-1-3-10(12)5-6-11-9-15-7-8-16-11;/h1-9H,(H2,14,17);1H/b6-5+;. The molecule has 18 heavy (non-hydrogen) atoms. The van der Waals surface area contributed by atoms with E-state index in [0.29, 0.717) is 5.56 Å². The monoisotopic (exact) mass is 261 g/mol. The molecule has 0 atom stereocenters. The van der Waals surface area contributed by atoms with Crippen molar-refractivity contribution in [2.75, 3.05) is 0 Å². The minimum atomic E-state index is -0.440. The highest BCUT2D eigenvalue weighted by molar-refractivity contribution is 5.97. The van der Waals surface area contributed by atoms with Gasteiger partial charge in [0.05, 0.1) is 11.9 Å². The molecule has 2 rings (SSSR count). The summed E-state index contributed by atoms with van der Waals surface area (Å²) in [6.07, 6.45) is 8.44. The zero-order chi connectivity index (χ0) is 12.1. The number of amides is 1. The summed E-state index contributed by atoms with van der Waals surface area (Å²) in [5, 5.41) is 0. The van der Waals surface area contributed by atoms with Crippen LogP contribution in [-0.4, -0.2) is 15.9 Å². The molecule has 92 valence electrons. The van der Waals surface area contributed by atoms with Crippen LogP contribution in [0.25, 0.3) is 12.2 Å². The number of nitrogens with two attached hydrogens (primary N) is 1. The lowest BCUT2D eigenvalue weighted by molar-refractivity contribution is 0.1000. The molecule has 0 aliphatic carbocycles. The molecule has 0 bridgehead atoms. The quantitative estimate of drug-likeness (QED) is 0.921. The molecule has 0 spiro atoms. The fourth-order valence-electron chi connectivity index (χ4n) is 1.44. The lowest BCUT2D eigenvalue weighted by atomic mass is 10.1. The Morgan fingerprint density at radius 2 is 1.94 bits per heavy atom. The predicted octanol–water partition coefficient (Wildman–Crippen LogP) is 2.17. The number of rotatable bonds is 3. The summed E-state index contributed by atoms with van der Waals surface area (Å²) in [6.45, 7) is 0. The van der Waals surface area contributed by atoms with E-state index >= 15 is 0 Å². The van der Waals surface area contributed by atoms with Crippen molar-refractivity contribution in [3.63, 3.8) is 0 Å². The lowest BCUT2D eigenvalue weighted by Crippen LogP contribution is -2.12. The van der Waals surface area contributed by atoms with Gasteiger partial charge in [0.2, 0.25) is 5.91 Å². The fraction of sp³-hybridized carbons (Fsp3) is 0. The van der Waals surface area contributed by atoms with E-state index in [2.05, 4.69) is 9.97 Å². The molecule has 2 N–H and O–H groups in total. The Labute approximate surface area is 111 Å². The van der Waals surface area contributed by atoms with Gasteiger partial charge >= 0.3 is 0 Å². The summed E-state index contributed by atoms with van der Waals surface area (Å²) in [4.78, 5) is 19.2. The van der Waals surface area contributed by atoms with Crippen LogP contribution in [0.4, 0.5) is 0 Å². The molecular formula is C13H12ClN3O. The van der Waals surface area contributed by atoms with Gasteiger partial charge in [-0.1, -0.05) is 24.3 Å². The largest absolute Gasteiger partial charge is 0.366 e. The van der Waals surface area contributed by atoms with Crippen molar-refractivity contribution >= 4 is 30.5 Å². The summed E-state index contributed by atoms with van der Waals surface area (Å²) in [5.74, 6) is -0.440. The molecule has 0 unspecified atom stereocenters. The summed E-state index contributed by atoms with van der Waals surface area (Å²) in [7, 11) is 0. The minimum Gasteiger partial charge on any atom is -0.366 e. The van der Waals surface area contributed by atoms with Crippen LogP contribution in [0.2, 0.25) is 0 Å². The second-order valence-electron chi connectivity index (χ2n) is 3.42. The first-order chi connectivity index (χ1) is 8.27. The molecule has 0 saturated carbocycles. The van der Waals surface area contributed by atoms with Crippen LogP contribution in [0.3, 0.4) is 0 Å². The van der Waals surface area contributed by atoms with Crippen molar-refractivity contribution in [1.29, 1.82) is 0 Å². The van der Waals surface area contributed by atoms with Crippen LogP contribution >= 0.6 is 12.4 Å². The van der Waals surface area contributed by atoms with Crippen LogP contribution in [0.15, 0.2) is 42.9 Å². The molecule has 1 aromatic heterocycles. The number of carbonyl (C=O) groups is 1. The maximum atomic E-state index is 11.2. The maximum absolute atomic E-state index is 11.2. The smallest absolute Gasteiger partial charge is 0.249 e. The number of halogens is 1. The summed E-state index contributed by atoms with van der Waals surface area (Å²) in [5.41, 5.74) is 7.27. The van der Waals surface area contributed by atoms with E-state index in [9.17, 15) is 4.79 Å². The average molecular weight is 262 g/mol. The molecule has 0 aliphatic rings. The first-order valence-electron chi connectivity index (χ1n) is 5.10. The van der Waals surface area contributed by atoms with Gasteiger partial charge in [-0.3, -0.25) is 14.8 Å². The molecular weight excluding hydrogens is 250 g/mol. The van der Waals surface area contributed by atoms with E-state index in [1.54, 1.807) is 42.9 Å². The van der Waals surface area contributed by atoms with Crippen molar-refractivity contribution in [2.45, 2.75) is 0 Å². The number of benzene rings is 1. The van der Waals surface area contributed by atoms with Gasteiger partial charge in [0.25, 0.3) is 0 Å². The Kier molecular flexibility index (Phi) is 5.02. The van der Waals surface area contributed by atoms with E-state index in [4.69, 9.17) is 5.73 Å². The van der Waals surface area contributed by atoms with Crippen LogP contribution in [0.5, 0.6) is 0 Å². The number of hydrogen-bond acceptors (Lipinski definition) is 3. The van der Waals surface area contributed by atoms with Crippen LogP contribution < -0.4 is 5.73 Å². The van der Waals surface area contributed by atoms with Gasteiger partial charge < -0.3 is 5.73 Å². The van der Waals surface area contributed by atoms with Crippen molar-refractivity contribution in [3.05, 3.63) is 59.7 Å². The topological polar surface area (TPSA) is 68.9 Å². The Morgan fingerprint density at radius 3 is 2.61 bits per heavy atom. The number of carbonyl (C=O) groups excluding carboxylic acids is 1. The van der Waals surface area contributed by atoms with E-state index in [1.807, 2.05) is 12.1 Å². The molecule has 0 aliphatic heterocycles. The van der Waals surface area contributed by atoms with E-state index < -0.39 is 5.91 Å².